The van der Waals surface area contributed by atoms with Crippen molar-refractivity contribution in [1.29, 1.82) is 0 Å². The number of benzene rings is 1. The third-order valence-electron chi connectivity index (χ3n) is 2.75. The normalized spacial score (nSPS) is 11.8. The number of rotatable bonds is 6. The molecule has 21 heavy (non-hydrogen) atoms. The molecule has 0 bridgehead atoms. The zero-order valence-corrected chi connectivity index (χ0v) is 13.2. The first kappa shape index (κ1) is 16.2. The lowest BCUT2D eigenvalue weighted by Gasteiger charge is -2.11. The van der Waals surface area contributed by atoms with E-state index in [1.165, 1.54) is 23.0 Å². The van der Waals surface area contributed by atoms with Gasteiger partial charge in [0.25, 0.3) is 0 Å². The van der Waals surface area contributed by atoms with E-state index < -0.39 is 10.0 Å². The van der Waals surface area contributed by atoms with Crippen LogP contribution in [0.25, 0.3) is 0 Å². The molecule has 2 rings (SSSR count). The third-order valence-corrected chi connectivity index (χ3v) is 5.15. The summed E-state index contributed by atoms with van der Waals surface area (Å²) in [6, 6.07) is 2.81. The van der Waals surface area contributed by atoms with E-state index >= 15 is 0 Å². The number of nitrogens with two attached hydrogens (primary N) is 1. The molecule has 3 N–H and O–H groups in total. The Morgan fingerprint density at radius 1 is 1.33 bits per heavy atom. The Balaban J connectivity index is 2.16. The predicted molar refractivity (Wildman–Crippen MR) is 79.6 cm³/mol. The summed E-state index contributed by atoms with van der Waals surface area (Å²) < 4.78 is 28.4. The monoisotopic (exact) mass is 349 g/mol. The molecule has 0 saturated carbocycles. The molecule has 0 spiro atoms. The van der Waals surface area contributed by atoms with Crippen molar-refractivity contribution in [1.82, 2.24) is 19.7 Å². The van der Waals surface area contributed by atoms with Gasteiger partial charge in [0.2, 0.25) is 10.0 Å². The SMILES string of the molecule is NCc1c(Cl)ccc(S(=O)(=O)NCCn2ccnn2)c1Cl. The van der Waals surface area contributed by atoms with E-state index in [4.69, 9.17) is 28.9 Å². The van der Waals surface area contributed by atoms with Gasteiger partial charge >= 0.3 is 0 Å². The first-order valence-corrected chi connectivity index (χ1v) is 8.20. The van der Waals surface area contributed by atoms with Crippen LogP contribution in [0.4, 0.5) is 0 Å². The fourth-order valence-electron chi connectivity index (χ4n) is 1.70. The number of halogens is 2. The molecule has 0 fully saturated rings. The Bertz CT molecular complexity index is 718. The predicted octanol–water partition coefficient (Wildman–Crippen LogP) is 1.02. The molecule has 1 heterocycles. The molecule has 114 valence electrons. The second kappa shape index (κ2) is 6.71. The van der Waals surface area contributed by atoms with Crippen LogP contribution in [0.2, 0.25) is 10.0 Å². The van der Waals surface area contributed by atoms with Gasteiger partial charge in [-0.3, -0.25) is 4.68 Å². The fraction of sp³-hybridized carbons (Fsp3) is 0.273. The highest BCUT2D eigenvalue weighted by molar-refractivity contribution is 7.89. The van der Waals surface area contributed by atoms with Crippen LogP contribution in [0.1, 0.15) is 5.56 Å². The fourth-order valence-corrected chi connectivity index (χ4v) is 3.65. The van der Waals surface area contributed by atoms with E-state index in [0.717, 1.165) is 0 Å². The maximum Gasteiger partial charge on any atom is 0.242 e. The molecular formula is C11H13Cl2N5O2S. The Morgan fingerprint density at radius 3 is 2.71 bits per heavy atom. The average molecular weight is 350 g/mol. The minimum atomic E-state index is -3.75. The van der Waals surface area contributed by atoms with Crippen molar-refractivity contribution in [2.75, 3.05) is 6.54 Å². The van der Waals surface area contributed by atoms with Crippen LogP contribution < -0.4 is 10.5 Å². The number of sulfonamides is 1. The van der Waals surface area contributed by atoms with Crippen molar-refractivity contribution in [3.05, 3.63) is 40.1 Å². The van der Waals surface area contributed by atoms with Gasteiger partial charge in [-0.2, -0.15) is 0 Å². The van der Waals surface area contributed by atoms with Crippen LogP contribution in [0.3, 0.4) is 0 Å². The number of hydrogen-bond donors (Lipinski definition) is 2. The van der Waals surface area contributed by atoms with Gasteiger partial charge in [0, 0.05) is 29.9 Å². The number of nitrogens with one attached hydrogen (secondary N) is 1. The highest BCUT2D eigenvalue weighted by Gasteiger charge is 2.20. The maximum atomic E-state index is 12.2. The summed E-state index contributed by atoms with van der Waals surface area (Å²) >= 11 is 12.0. The van der Waals surface area contributed by atoms with Gasteiger partial charge in [-0.25, -0.2) is 13.1 Å². The number of nitrogens with zero attached hydrogens (tertiary/aromatic N) is 3. The smallest absolute Gasteiger partial charge is 0.242 e. The second-order valence-electron chi connectivity index (χ2n) is 4.11. The third kappa shape index (κ3) is 3.72. The van der Waals surface area contributed by atoms with E-state index in [1.54, 1.807) is 6.20 Å². The van der Waals surface area contributed by atoms with Crippen LogP contribution in [0, 0.1) is 0 Å². The topological polar surface area (TPSA) is 103 Å². The maximum absolute atomic E-state index is 12.2. The van der Waals surface area contributed by atoms with Gasteiger partial charge < -0.3 is 5.73 Å². The zero-order chi connectivity index (χ0) is 15.5. The Kier molecular flexibility index (Phi) is 5.17. The molecule has 10 heteroatoms. The van der Waals surface area contributed by atoms with E-state index in [-0.39, 0.29) is 23.0 Å². The Labute approximate surface area is 132 Å². The lowest BCUT2D eigenvalue weighted by Crippen LogP contribution is -2.28. The van der Waals surface area contributed by atoms with Gasteiger partial charge in [0.15, 0.2) is 0 Å². The highest BCUT2D eigenvalue weighted by Crippen LogP contribution is 2.30. The van der Waals surface area contributed by atoms with E-state index in [2.05, 4.69) is 15.0 Å². The van der Waals surface area contributed by atoms with Crippen molar-refractivity contribution in [3.63, 3.8) is 0 Å². The number of hydrogen-bond acceptors (Lipinski definition) is 5. The lowest BCUT2D eigenvalue weighted by atomic mass is 10.2. The van der Waals surface area contributed by atoms with Crippen molar-refractivity contribution >= 4 is 33.2 Å². The van der Waals surface area contributed by atoms with Crippen molar-refractivity contribution < 1.29 is 8.42 Å². The van der Waals surface area contributed by atoms with Crippen LogP contribution in [-0.2, 0) is 23.1 Å². The Morgan fingerprint density at radius 2 is 2.10 bits per heavy atom. The summed E-state index contributed by atoms with van der Waals surface area (Å²) in [6.45, 7) is 0.566. The molecule has 0 radical (unpaired) electrons. The molecule has 7 nitrogen and oxygen atoms in total. The van der Waals surface area contributed by atoms with E-state index in [0.29, 0.717) is 17.1 Å². The molecule has 0 aliphatic carbocycles. The van der Waals surface area contributed by atoms with Gasteiger partial charge in [0.05, 0.1) is 17.8 Å². The van der Waals surface area contributed by atoms with E-state index in [9.17, 15) is 8.42 Å². The summed E-state index contributed by atoms with van der Waals surface area (Å²) in [5.74, 6) is 0. The summed E-state index contributed by atoms with van der Waals surface area (Å²) in [5.41, 5.74) is 5.93. The van der Waals surface area contributed by atoms with Crippen LogP contribution in [-0.4, -0.2) is 30.0 Å². The molecule has 0 amide bonds. The Hall–Kier alpha value is -1.19. The molecule has 0 unspecified atom stereocenters. The van der Waals surface area contributed by atoms with Gasteiger partial charge in [-0.15, -0.1) is 5.10 Å². The van der Waals surface area contributed by atoms with Crippen LogP contribution in [0.5, 0.6) is 0 Å². The van der Waals surface area contributed by atoms with Gasteiger partial charge in [-0.1, -0.05) is 28.4 Å². The van der Waals surface area contributed by atoms with Gasteiger partial charge in [-0.05, 0) is 12.1 Å². The molecule has 0 aliphatic rings. The van der Waals surface area contributed by atoms with Crippen molar-refractivity contribution in [2.45, 2.75) is 18.0 Å². The largest absolute Gasteiger partial charge is 0.326 e. The average Bonchev–Trinajstić information content (AvgIpc) is 2.92. The molecule has 0 aliphatic heterocycles. The standard InChI is InChI=1S/C11H13Cl2N5O2S/c12-9-1-2-10(11(13)8(9)7-14)21(19,20)16-4-6-18-5-3-15-17-18/h1-3,5,16H,4,6-7,14H2. The minimum Gasteiger partial charge on any atom is -0.326 e. The quantitative estimate of drug-likeness (QED) is 0.810. The molecule has 2 aromatic rings. The van der Waals surface area contributed by atoms with Crippen LogP contribution >= 0.6 is 23.2 Å². The first-order chi connectivity index (χ1) is 9.95. The molecule has 0 saturated heterocycles. The molecular weight excluding hydrogens is 337 g/mol. The van der Waals surface area contributed by atoms with E-state index in [1.807, 2.05) is 0 Å². The molecule has 1 aromatic heterocycles. The molecule has 1 aromatic carbocycles. The summed E-state index contributed by atoms with van der Waals surface area (Å²) in [5, 5.41) is 7.74. The first-order valence-electron chi connectivity index (χ1n) is 5.96. The number of aromatic nitrogens is 3. The zero-order valence-electron chi connectivity index (χ0n) is 10.8. The molecule has 0 atom stereocenters. The second-order valence-corrected chi connectivity index (χ2v) is 6.63. The highest BCUT2D eigenvalue weighted by atomic mass is 35.5. The lowest BCUT2D eigenvalue weighted by molar-refractivity contribution is 0.553. The summed E-state index contributed by atoms with van der Waals surface area (Å²) in [6.07, 6.45) is 3.15. The summed E-state index contributed by atoms with van der Waals surface area (Å²) in [4.78, 5) is -0.0485. The minimum absolute atomic E-state index is 0.0401. The van der Waals surface area contributed by atoms with Crippen molar-refractivity contribution in [2.24, 2.45) is 5.73 Å². The van der Waals surface area contributed by atoms with Crippen LogP contribution in [0.15, 0.2) is 29.4 Å². The van der Waals surface area contributed by atoms with Crippen molar-refractivity contribution in [3.8, 4) is 0 Å². The van der Waals surface area contributed by atoms with Gasteiger partial charge in [0.1, 0.15) is 4.90 Å². The summed E-state index contributed by atoms with van der Waals surface area (Å²) in [7, 11) is -3.75.